The molecule has 2 aromatic rings. The lowest BCUT2D eigenvalue weighted by atomic mass is 9.55. The quantitative estimate of drug-likeness (QED) is 0.502. The second kappa shape index (κ2) is 8.49. The third-order valence-corrected chi connectivity index (χ3v) is 7.28. The largest absolute Gasteiger partial charge is 0.468 e. The Balaban J connectivity index is 1.63. The molecule has 4 rings (SSSR count). The van der Waals surface area contributed by atoms with Crippen molar-refractivity contribution in [3.05, 3.63) is 60.2 Å². The van der Waals surface area contributed by atoms with E-state index in [1.54, 1.807) is 12.3 Å². The van der Waals surface area contributed by atoms with Crippen LogP contribution >= 0.6 is 0 Å². The number of halogens is 1. The predicted octanol–water partition coefficient (Wildman–Crippen LogP) is 4.91. The van der Waals surface area contributed by atoms with Crippen LogP contribution in [0.4, 0.5) is 4.39 Å². The molecule has 1 aromatic carbocycles. The normalized spacial score (nSPS) is 31.9. The van der Waals surface area contributed by atoms with Crippen LogP contribution in [0.1, 0.15) is 32.9 Å². The lowest BCUT2D eigenvalue weighted by Gasteiger charge is -2.45. The van der Waals surface area contributed by atoms with Gasteiger partial charge in [0.25, 0.3) is 0 Å². The van der Waals surface area contributed by atoms with Crippen LogP contribution in [-0.4, -0.2) is 30.1 Å². The molecule has 168 valence electrons. The molecule has 0 spiro atoms. The summed E-state index contributed by atoms with van der Waals surface area (Å²) in [5.41, 5.74) is 1.08. The number of nitrogens with zero attached hydrogens (tertiary/aromatic N) is 1. The first kappa shape index (κ1) is 22.2. The second-order valence-electron chi connectivity index (χ2n) is 9.06. The molecule has 1 aliphatic heterocycles. The van der Waals surface area contributed by atoms with Crippen molar-refractivity contribution in [2.75, 3.05) is 7.11 Å². The van der Waals surface area contributed by atoms with Gasteiger partial charge in [-0.1, -0.05) is 38.1 Å². The molecule has 2 fully saturated rings. The molecule has 1 saturated heterocycles. The van der Waals surface area contributed by atoms with Crippen molar-refractivity contribution in [3.63, 3.8) is 0 Å². The molecule has 0 amide bonds. The first-order valence-corrected chi connectivity index (χ1v) is 11.0. The van der Waals surface area contributed by atoms with Crippen molar-refractivity contribution < 1.29 is 23.5 Å². The molecule has 6 atom stereocenters. The molecule has 6 unspecified atom stereocenters. The number of pyridine rings is 1. The lowest BCUT2D eigenvalue weighted by molar-refractivity contribution is -0.169. The summed E-state index contributed by atoms with van der Waals surface area (Å²) >= 11 is 0. The zero-order valence-corrected chi connectivity index (χ0v) is 18.7. The standard InChI is InChI=1S/C26H28FNO4/c1-15-13-26(24(29)31-4)23(17(3)32-25(26)30)22(16(15)2)11-10-21-9-8-19(14-28-21)18-6-5-7-20(27)12-18/h5-12,14-17,22-23H,13H2,1-4H3/b11-10+. The third-order valence-electron chi connectivity index (χ3n) is 7.28. The van der Waals surface area contributed by atoms with E-state index < -0.39 is 17.4 Å². The zero-order chi connectivity index (χ0) is 23.0. The Morgan fingerprint density at radius 3 is 2.66 bits per heavy atom. The first-order chi connectivity index (χ1) is 15.3. The summed E-state index contributed by atoms with van der Waals surface area (Å²) in [6, 6.07) is 10.2. The van der Waals surface area contributed by atoms with Gasteiger partial charge in [-0.2, -0.15) is 0 Å². The summed E-state index contributed by atoms with van der Waals surface area (Å²) in [5.74, 6) is -1.23. The smallest absolute Gasteiger partial charge is 0.324 e. The van der Waals surface area contributed by atoms with Crippen LogP contribution in [-0.2, 0) is 19.1 Å². The number of esters is 2. The van der Waals surface area contributed by atoms with Gasteiger partial charge in [-0.25, -0.2) is 4.39 Å². The Hall–Kier alpha value is -3.02. The number of carbonyl (C=O) groups excluding carboxylic acids is 2. The average molecular weight is 438 g/mol. The molecule has 0 bridgehead atoms. The first-order valence-electron chi connectivity index (χ1n) is 11.0. The third kappa shape index (κ3) is 3.61. The monoisotopic (exact) mass is 437 g/mol. The summed E-state index contributed by atoms with van der Waals surface area (Å²) in [6.07, 6.45) is 5.73. The number of fused-ring (bicyclic) bond motifs is 1. The molecule has 0 radical (unpaired) electrons. The minimum Gasteiger partial charge on any atom is -0.468 e. The fourth-order valence-electron chi connectivity index (χ4n) is 5.48. The topological polar surface area (TPSA) is 65.5 Å². The van der Waals surface area contributed by atoms with Gasteiger partial charge in [0.1, 0.15) is 11.9 Å². The summed E-state index contributed by atoms with van der Waals surface area (Å²) in [4.78, 5) is 30.1. The lowest BCUT2D eigenvalue weighted by Crippen LogP contribution is -2.52. The number of aromatic nitrogens is 1. The van der Waals surface area contributed by atoms with Gasteiger partial charge < -0.3 is 9.47 Å². The fraction of sp³-hybridized carbons (Fsp3) is 0.423. The van der Waals surface area contributed by atoms with E-state index in [1.807, 2.05) is 37.3 Å². The zero-order valence-electron chi connectivity index (χ0n) is 18.7. The minimum atomic E-state index is -1.26. The highest BCUT2D eigenvalue weighted by Gasteiger charge is 2.67. The van der Waals surface area contributed by atoms with Crippen LogP contribution in [0.2, 0.25) is 0 Å². The fourth-order valence-corrected chi connectivity index (χ4v) is 5.48. The maximum Gasteiger partial charge on any atom is 0.324 e. The van der Waals surface area contributed by atoms with Gasteiger partial charge in [-0.05, 0) is 60.9 Å². The Morgan fingerprint density at radius 1 is 1.22 bits per heavy atom. The van der Waals surface area contributed by atoms with Crippen LogP contribution in [0.25, 0.3) is 17.2 Å². The average Bonchev–Trinajstić information content (AvgIpc) is 3.04. The van der Waals surface area contributed by atoms with Gasteiger partial charge in [0.15, 0.2) is 5.41 Å². The summed E-state index contributed by atoms with van der Waals surface area (Å²) in [7, 11) is 1.32. The van der Waals surface area contributed by atoms with Gasteiger partial charge in [0.05, 0.1) is 12.8 Å². The van der Waals surface area contributed by atoms with E-state index in [2.05, 4.69) is 18.8 Å². The van der Waals surface area contributed by atoms with Gasteiger partial charge in [-0.15, -0.1) is 0 Å². The Labute approximate surface area is 187 Å². The van der Waals surface area contributed by atoms with E-state index in [9.17, 15) is 14.0 Å². The number of rotatable bonds is 4. The number of methoxy groups -OCH3 is 1. The molecule has 2 heterocycles. The maximum absolute atomic E-state index is 13.5. The van der Waals surface area contributed by atoms with Gasteiger partial charge in [0.2, 0.25) is 0 Å². The van der Waals surface area contributed by atoms with Gasteiger partial charge in [0, 0.05) is 17.7 Å². The number of cyclic esters (lactones) is 1. The Morgan fingerprint density at radius 2 is 2.00 bits per heavy atom. The Bertz CT molecular complexity index is 1040. The number of hydrogen-bond acceptors (Lipinski definition) is 5. The summed E-state index contributed by atoms with van der Waals surface area (Å²) in [5, 5.41) is 0. The van der Waals surface area contributed by atoms with E-state index in [0.29, 0.717) is 6.42 Å². The maximum atomic E-state index is 13.5. The molecule has 1 aromatic heterocycles. The second-order valence-corrected chi connectivity index (χ2v) is 9.06. The van der Waals surface area contributed by atoms with Crippen molar-refractivity contribution in [3.8, 4) is 11.1 Å². The molecule has 2 aliphatic rings. The molecule has 1 saturated carbocycles. The van der Waals surface area contributed by atoms with E-state index >= 15 is 0 Å². The molecule has 1 aliphatic carbocycles. The van der Waals surface area contributed by atoms with Gasteiger partial charge in [-0.3, -0.25) is 14.6 Å². The number of allylic oxidation sites excluding steroid dienone is 1. The number of carbonyl (C=O) groups is 2. The van der Waals surface area contributed by atoms with E-state index in [0.717, 1.165) is 16.8 Å². The summed E-state index contributed by atoms with van der Waals surface area (Å²) in [6.45, 7) is 6.06. The van der Waals surface area contributed by atoms with Crippen molar-refractivity contribution in [2.24, 2.45) is 29.1 Å². The van der Waals surface area contributed by atoms with Crippen LogP contribution in [0.5, 0.6) is 0 Å². The molecular formula is C26H28FNO4. The van der Waals surface area contributed by atoms with Crippen LogP contribution in [0.3, 0.4) is 0 Å². The minimum absolute atomic E-state index is 0.0519. The highest BCUT2D eigenvalue weighted by molar-refractivity contribution is 6.02. The Kier molecular flexibility index (Phi) is 5.89. The van der Waals surface area contributed by atoms with Crippen molar-refractivity contribution in [1.29, 1.82) is 0 Å². The van der Waals surface area contributed by atoms with Crippen molar-refractivity contribution in [1.82, 2.24) is 4.98 Å². The predicted molar refractivity (Wildman–Crippen MR) is 119 cm³/mol. The SMILES string of the molecule is COC(=O)C12CC(C)C(C)C(/C=C/c3ccc(-c4cccc(F)c4)cn3)C1C(C)OC2=O. The van der Waals surface area contributed by atoms with Crippen LogP contribution < -0.4 is 0 Å². The van der Waals surface area contributed by atoms with Crippen LogP contribution in [0, 0.1) is 34.9 Å². The molecule has 32 heavy (non-hydrogen) atoms. The molecule has 5 nitrogen and oxygen atoms in total. The number of benzene rings is 1. The summed E-state index contributed by atoms with van der Waals surface area (Å²) < 4.78 is 24.1. The number of ether oxygens (including phenoxy) is 2. The van der Waals surface area contributed by atoms with Crippen molar-refractivity contribution >= 4 is 18.0 Å². The van der Waals surface area contributed by atoms with E-state index in [-0.39, 0.29) is 35.6 Å². The highest BCUT2D eigenvalue weighted by Crippen LogP contribution is 2.56. The molecular weight excluding hydrogens is 409 g/mol. The number of hydrogen-bond donors (Lipinski definition) is 0. The highest BCUT2D eigenvalue weighted by atomic mass is 19.1. The van der Waals surface area contributed by atoms with Gasteiger partial charge >= 0.3 is 11.9 Å². The van der Waals surface area contributed by atoms with Crippen molar-refractivity contribution in [2.45, 2.75) is 33.3 Å². The van der Waals surface area contributed by atoms with Crippen LogP contribution in [0.15, 0.2) is 48.7 Å². The van der Waals surface area contributed by atoms with E-state index in [4.69, 9.17) is 9.47 Å². The molecule has 0 N–H and O–H groups in total. The molecule has 6 heteroatoms. The van der Waals surface area contributed by atoms with E-state index in [1.165, 1.54) is 19.2 Å².